The Morgan fingerprint density at radius 2 is 2.16 bits per heavy atom. The molecule has 0 radical (unpaired) electrons. The van der Waals surface area contributed by atoms with Crippen LogP contribution >= 0.6 is 27.7 Å². The zero-order valence-electron chi connectivity index (χ0n) is 10.3. The summed E-state index contributed by atoms with van der Waals surface area (Å²) < 4.78 is 6.22. The summed E-state index contributed by atoms with van der Waals surface area (Å²) in [5.74, 6) is 2.02. The summed E-state index contributed by atoms with van der Waals surface area (Å²) in [6, 6.07) is 8.15. The van der Waals surface area contributed by atoms with Crippen LogP contribution in [-0.2, 0) is 12.3 Å². The molecule has 2 aromatic rings. The lowest BCUT2D eigenvalue weighted by Gasteiger charge is -1.98. The van der Waals surface area contributed by atoms with Gasteiger partial charge in [0.25, 0.3) is 0 Å². The molecule has 100 valence electrons. The van der Waals surface area contributed by atoms with Crippen molar-refractivity contribution in [2.45, 2.75) is 17.2 Å². The van der Waals surface area contributed by atoms with Crippen molar-refractivity contribution in [2.24, 2.45) is 0 Å². The van der Waals surface area contributed by atoms with Gasteiger partial charge in [-0.25, -0.2) is 0 Å². The second-order valence-electron chi connectivity index (χ2n) is 3.77. The molecule has 0 spiro atoms. The number of nitrogens with one attached hydrogen (secondary N) is 1. The quantitative estimate of drug-likeness (QED) is 0.476. The number of nitrogens with zero attached hydrogens (tertiary/aromatic N) is 2. The van der Waals surface area contributed by atoms with Crippen molar-refractivity contribution in [3.63, 3.8) is 0 Å². The first-order chi connectivity index (χ1) is 9.28. The zero-order chi connectivity index (χ0) is 13.5. The molecule has 19 heavy (non-hydrogen) atoms. The van der Waals surface area contributed by atoms with Gasteiger partial charge in [-0.15, -0.1) is 18.3 Å². The second kappa shape index (κ2) is 7.47. The van der Waals surface area contributed by atoms with E-state index >= 15 is 0 Å². The fourth-order valence-electron chi connectivity index (χ4n) is 1.38. The largest absolute Gasteiger partial charge is 0.338 e. The predicted octanol–water partition coefficient (Wildman–Crippen LogP) is 3.40. The molecular formula is C13H14BrN3OS. The van der Waals surface area contributed by atoms with Crippen molar-refractivity contribution in [1.29, 1.82) is 0 Å². The molecular weight excluding hydrogens is 326 g/mol. The molecule has 0 fully saturated rings. The van der Waals surface area contributed by atoms with Crippen LogP contribution in [-0.4, -0.2) is 16.7 Å². The first-order valence-corrected chi connectivity index (χ1v) is 7.57. The van der Waals surface area contributed by atoms with Gasteiger partial charge < -0.3 is 9.84 Å². The lowest BCUT2D eigenvalue weighted by molar-refractivity contribution is 0.366. The first kappa shape index (κ1) is 14.3. The molecule has 0 atom stereocenters. The second-order valence-corrected chi connectivity index (χ2v) is 5.73. The Labute approximate surface area is 124 Å². The van der Waals surface area contributed by atoms with E-state index in [1.807, 2.05) is 12.1 Å². The zero-order valence-corrected chi connectivity index (χ0v) is 12.7. The number of benzene rings is 1. The van der Waals surface area contributed by atoms with Crippen LogP contribution in [0, 0.1) is 0 Å². The predicted molar refractivity (Wildman–Crippen MR) is 79.9 cm³/mol. The number of hydrogen-bond acceptors (Lipinski definition) is 5. The summed E-state index contributed by atoms with van der Waals surface area (Å²) in [5, 5.41) is 7.06. The molecule has 0 bridgehead atoms. The summed E-state index contributed by atoms with van der Waals surface area (Å²) in [6.07, 6.45) is 1.79. The highest BCUT2D eigenvalue weighted by Gasteiger charge is 2.06. The average Bonchev–Trinajstić information content (AvgIpc) is 2.86. The van der Waals surface area contributed by atoms with Gasteiger partial charge in [0.15, 0.2) is 5.82 Å². The van der Waals surface area contributed by atoms with Crippen molar-refractivity contribution in [3.8, 4) is 0 Å². The van der Waals surface area contributed by atoms with E-state index in [2.05, 4.69) is 50.1 Å². The van der Waals surface area contributed by atoms with E-state index in [4.69, 9.17) is 4.52 Å². The van der Waals surface area contributed by atoms with Crippen LogP contribution in [0.25, 0.3) is 0 Å². The van der Waals surface area contributed by atoms with Gasteiger partial charge >= 0.3 is 0 Å². The van der Waals surface area contributed by atoms with Gasteiger partial charge in [-0.3, -0.25) is 0 Å². The number of halogens is 1. The minimum atomic E-state index is 0.571. The van der Waals surface area contributed by atoms with E-state index in [1.54, 1.807) is 17.8 Å². The topological polar surface area (TPSA) is 51.0 Å². The van der Waals surface area contributed by atoms with Crippen LogP contribution in [0.4, 0.5) is 0 Å². The van der Waals surface area contributed by atoms with Gasteiger partial charge in [0.2, 0.25) is 5.89 Å². The Hall–Kier alpha value is -1.11. The third-order valence-electron chi connectivity index (χ3n) is 2.26. The summed E-state index contributed by atoms with van der Waals surface area (Å²) in [4.78, 5) is 5.49. The maximum absolute atomic E-state index is 5.14. The molecule has 1 N–H and O–H groups in total. The van der Waals surface area contributed by atoms with Gasteiger partial charge in [0.1, 0.15) is 0 Å². The Balaban J connectivity index is 1.82. The van der Waals surface area contributed by atoms with Crippen LogP contribution in [0.3, 0.4) is 0 Å². The van der Waals surface area contributed by atoms with Crippen LogP contribution < -0.4 is 5.32 Å². The third-order valence-corrected chi connectivity index (χ3v) is 3.79. The lowest BCUT2D eigenvalue weighted by Crippen LogP contribution is -2.12. The maximum Gasteiger partial charge on any atom is 0.240 e. The van der Waals surface area contributed by atoms with E-state index in [9.17, 15) is 0 Å². The van der Waals surface area contributed by atoms with Crippen molar-refractivity contribution in [1.82, 2.24) is 15.5 Å². The van der Waals surface area contributed by atoms with E-state index in [-0.39, 0.29) is 0 Å². The fourth-order valence-corrected chi connectivity index (χ4v) is 2.39. The SMILES string of the molecule is C=CCNCc1nc(CSc2ccc(Br)cc2)no1. The number of hydrogen-bond donors (Lipinski definition) is 1. The molecule has 0 saturated carbocycles. The minimum absolute atomic E-state index is 0.571. The maximum atomic E-state index is 5.14. The Morgan fingerprint density at radius 1 is 1.37 bits per heavy atom. The highest BCUT2D eigenvalue weighted by Crippen LogP contribution is 2.23. The summed E-state index contributed by atoms with van der Waals surface area (Å²) in [6.45, 7) is 4.93. The molecule has 1 aromatic carbocycles. The average molecular weight is 340 g/mol. The first-order valence-electron chi connectivity index (χ1n) is 5.79. The van der Waals surface area contributed by atoms with E-state index in [1.165, 1.54) is 4.90 Å². The molecule has 0 amide bonds. The molecule has 0 aliphatic carbocycles. The highest BCUT2D eigenvalue weighted by atomic mass is 79.9. The van der Waals surface area contributed by atoms with E-state index in [0.717, 1.165) is 11.0 Å². The van der Waals surface area contributed by atoms with Gasteiger partial charge in [-0.1, -0.05) is 27.2 Å². The van der Waals surface area contributed by atoms with Crippen LogP contribution in [0.1, 0.15) is 11.7 Å². The van der Waals surface area contributed by atoms with Gasteiger partial charge in [-0.2, -0.15) is 4.98 Å². The fraction of sp³-hybridized carbons (Fsp3) is 0.231. The number of rotatable bonds is 7. The molecule has 0 saturated heterocycles. The molecule has 1 aromatic heterocycles. The monoisotopic (exact) mass is 339 g/mol. The smallest absolute Gasteiger partial charge is 0.240 e. The standard InChI is InChI=1S/C13H14BrN3OS/c1-2-7-15-8-13-16-12(17-18-13)9-19-11-5-3-10(14)4-6-11/h2-6,15H,1,7-9H2. The summed E-state index contributed by atoms with van der Waals surface area (Å²) >= 11 is 5.09. The number of aromatic nitrogens is 2. The molecule has 4 nitrogen and oxygen atoms in total. The van der Waals surface area contributed by atoms with Crippen molar-refractivity contribution >= 4 is 27.7 Å². The Morgan fingerprint density at radius 3 is 2.89 bits per heavy atom. The Bertz CT molecular complexity index is 527. The van der Waals surface area contributed by atoms with E-state index < -0.39 is 0 Å². The summed E-state index contributed by atoms with van der Waals surface area (Å²) in [7, 11) is 0. The third kappa shape index (κ3) is 4.81. The van der Waals surface area contributed by atoms with Crippen molar-refractivity contribution in [3.05, 3.63) is 53.1 Å². The van der Waals surface area contributed by atoms with E-state index in [0.29, 0.717) is 24.0 Å². The molecule has 2 rings (SSSR count). The Kier molecular flexibility index (Phi) is 5.62. The van der Waals surface area contributed by atoms with Crippen LogP contribution in [0.5, 0.6) is 0 Å². The molecule has 1 heterocycles. The van der Waals surface area contributed by atoms with Crippen molar-refractivity contribution in [2.75, 3.05) is 6.54 Å². The highest BCUT2D eigenvalue weighted by molar-refractivity contribution is 9.10. The van der Waals surface area contributed by atoms with Gasteiger partial charge in [-0.05, 0) is 24.3 Å². The number of thioether (sulfide) groups is 1. The molecule has 0 aliphatic heterocycles. The van der Waals surface area contributed by atoms with Gasteiger partial charge in [0, 0.05) is 15.9 Å². The van der Waals surface area contributed by atoms with Crippen molar-refractivity contribution < 1.29 is 4.52 Å². The lowest BCUT2D eigenvalue weighted by atomic mass is 10.4. The van der Waals surface area contributed by atoms with Gasteiger partial charge in [0.05, 0.1) is 12.3 Å². The minimum Gasteiger partial charge on any atom is -0.338 e. The molecule has 0 aliphatic rings. The molecule has 0 unspecified atom stereocenters. The van der Waals surface area contributed by atoms with Crippen LogP contribution in [0.2, 0.25) is 0 Å². The summed E-state index contributed by atoms with van der Waals surface area (Å²) in [5.41, 5.74) is 0. The van der Waals surface area contributed by atoms with Crippen LogP contribution in [0.15, 0.2) is 50.8 Å². The molecule has 6 heteroatoms. The normalized spacial score (nSPS) is 10.6.